The van der Waals surface area contributed by atoms with Crippen molar-refractivity contribution in [3.63, 3.8) is 0 Å². The van der Waals surface area contributed by atoms with Crippen LogP contribution in [0.25, 0.3) is 0 Å². The maximum absolute atomic E-state index is 9.87. The molecule has 0 aliphatic rings. The number of nitrogens with one attached hydrogen (secondary N) is 1. The highest BCUT2D eigenvalue weighted by atomic mass is 32.2. The van der Waals surface area contributed by atoms with Crippen LogP contribution in [-0.4, -0.2) is 17.5 Å². The quantitative estimate of drug-likeness (QED) is 0.483. The summed E-state index contributed by atoms with van der Waals surface area (Å²) in [5.74, 6) is 0. The zero-order valence-corrected chi connectivity index (χ0v) is 4.54. The van der Waals surface area contributed by atoms with Crippen LogP contribution in [-0.2, 0) is 15.4 Å². The van der Waals surface area contributed by atoms with E-state index in [1.165, 1.54) is 6.26 Å². The second kappa shape index (κ2) is 3.27. The first-order valence-corrected chi connectivity index (χ1v) is 2.93. The second-order valence-electron chi connectivity index (χ2n) is 0.689. The lowest BCUT2D eigenvalue weighted by Gasteiger charge is -1.88. The van der Waals surface area contributed by atoms with E-state index >= 15 is 0 Å². The van der Waals surface area contributed by atoms with E-state index in [-0.39, 0.29) is 0 Å². The third-order valence-corrected chi connectivity index (χ3v) is 0.602. The molecule has 0 bridgehead atoms. The molecule has 0 saturated heterocycles. The molecule has 1 atom stereocenters. The lowest BCUT2D eigenvalue weighted by Crippen LogP contribution is -2.07. The van der Waals surface area contributed by atoms with Gasteiger partial charge in [0.05, 0.1) is 0 Å². The van der Waals surface area contributed by atoms with Crippen molar-refractivity contribution in [1.82, 2.24) is 5.48 Å². The smallest absolute Gasteiger partial charge is 0.169 e. The second-order valence-corrected chi connectivity index (χ2v) is 1.66. The van der Waals surface area contributed by atoms with Crippen molar-refractivity contribution in [1.29, 1.82) is 0 Å². The van der Waals surface area contributed by atoms with Crippen molar-refractivity contribution < 1.29 is 8.49 Å². The van der Waals surface area contributed by atoms with Crippen molar-refractivity contribution in [3.05, 3.63) is 0 Å². The summed E-state index contributed by atoms with van der Waals surface area (Å²) in [4.78, 5) is 0. The fourth-order valence-electron chi connectivity index (χ4n) is 0.117. The molecule has 38 valence electrons. The predicted octanol–water partition coefficient (Wildman–Crippen LogP) is -0.569. The lowest BCUT2D eigenvalue weighted by molar-refractivity contribution is 0.254. The fraction of sp³-hybridized carbons (Fsp3) is 1.00. The molecule has 3 nitrogen and oxygen atoms in total. The van der Waals surface area contributed by atoms with Crippen LogP contribution in [0.4, 0.5) is 0 Å². The summed E-state index contributed by atoms with van der Waals surface area (Å²) >= 11 is -1.18. The van der Waals surface area contributed by atoms with Gasteiger partial charge in [0.15, 0.2) is 11.1 Å². The van der Waals surface area contributed by atoms with E-state index in [1.807, 2.05) is 0 Å². The molecule has 0 radical (unpaired) electrons. The van der Waals surface area contributed by atoms with Gasteiger partial charge in [0, 0.05) is 13.3 Å². The Morgan fingerprint density at radius 3 is 2.33 bits per heavy atom. The topological polar surface area (TPSA) is 38.3 Å². The molecule has 0 heterocycles. The molecule has 0 aliphatic carbocycles. The van der Waals surface area contributed by atoms with Crippen LogP contribution in [0.1, 0.15) is 0 Å². The molecule has 0 rings (SSSR count). The Kier molecular flexibility index (Phi) is 3.31. The fourth-order valence-corrected chi connectivity index (χ4v) is 0.352. The van der Waals surface area contributed by atoms with E-state index in [1.54, 1.807) is 7.05 Å². The van der Waals surface area contributed by atoms with Crippen LogP contribution >= 0.6 is 0 Å². The monoisotopic (exact) mass is 109 g/mol. The third-order valence-electron chi connectivity index (χ3n) is 0.201. The number of rotatable bonds is 2. The molecule has 0 aliphatic heterocycles. The van der Waals surface area contributed by atoms with Gasteiger partial charge in [-0.05, 0) is 0 Å². The highest BCUT2D eigenvalue weighted by Crippen LogP contribution is 1.65. The summed E-state index contributed by atoms with van der Waals surface area (Å²) in [6.45, 7) is 0. The zero-order valence-electron chi connectivity index (χ0n) is 3.72. The van der Waals surface area contributed by atoms with Crippen molar-refractivity contribution in [3.8, 4) is 0 Å². The van der Waals surface area contributed by atoms with Gasteiger partial charge in [-0.1, -0.05) is 0 Å². The summed E-state index contributed by atoms with van der Waals surface area (Å²) in [6.07, 6.45) is 1.44. The maximum atomic E-state index is 9.87. The van der Waals surface area contributed by atoms with Gasteiger partial charge in [-0.3, -0.25) is 0 Å². The Morgan fingerprint density at radius 2 is 2.33 bits per heavy atom. The summed E-state index contributed by atoms with van der Waals surface area (Å²) in [5.41, 5.74) is 2.27. The highest BCUT2D eigenvalue weighted by molar-refractivity contribution is 7.79. The van der Waals surface area contributed by atoms with Gasteiger partial charge in [-0.2, -0.15) is 5.48 Å². The average molecular weight is 109 g/mol. The van der Waals surface area contributed by atoms with Crippen LogP contribution in [0, 0.1) is 0 Å². The molecule has 6 heavy (non-hydrogen) atoms. The molecule has 0 spiro atoms. The SMILES string of the molecule is CNOS(C)=O. The lowest BCUT2D eigenvalue weighted by atomic mass is 11.6. The molecule has 4 heteroatoms. The van der Waals surface area contributed by atoms with Gasteiger partial charge in [-0.15, -0.1) is 0 Å². The predicted molar refractivity (Wildman–Crippen MR) is 24.2 cm³/mol. The molecule has 0 aromatic carbocycles. The molecule has 1 N–H and O–H groups in total. The Labute approximate surface area is 39.3 Å². The highest BCUT2D eigenvalue weighted by Gasteiger charge is 1.78. The van der Waals surface area contributed by atoms with Crippen LogP contribution in [0.3, 0.4) is 0 Å². The first-order valence-electron chi connectivity index (χ1n) is 1.45. The van der Waals surface area contributed by atoms with Crippen LogP contribution in [0.5, 0.6) is 0 Å². The van der Waals surface area contributed by atoms with Crippen molar-refractivity contribution >= 4 is 11.1 Å². The molecule has 0 aromatic heterocycles. The van der Waals surface area contributed by atoms with Gasteiger partial charge < -0.3 is 0 Å². The Balaban J connectivity index is 2.83. The normalized spacial score (nSPS) is 14.3. The van der Waals surface area contributed by atoms with Gasteiger partial charge in [-0.25, -0.2) is 8.49 Å². The molecule has 1 unspecified atom stereocenters. The maximum Gasteiger partial charge on any atom is 0.169 e. The van der Waals surface area contributed by atoms with E-state index in [0.717, 1.165) is 0 Å². The first-order chi connectivity index (χ1) is 2.77. The van der Waals surface area contributed by atoms with E-state index in [2.05, 4.69) is 9.76 Å². The van der Waals surface area contributed by atoms with E-state index in [0.29, 0.717) is 0 Å². The standard InChI is InChI=1S/C2H7NO2S/c1-3-5-6(2)4/h3H,1-2H3. The zero-order chi connectivity index (χ0) is 4.99. The van der Waals surface area contributed by atoms with Crippen LogP contribution in [0.2, 0.25) is 0 Å². The van der Waals surface area contributed by atoms with Gasteiger partial charge >= 0.3 is 0 Å². The minimum atomic E-state index is -1.18. The largest absolute Gasteiger partial charge is 0.229 e. The summed E-state index contributed by atoms with van der Waals surface area (Å²) in [5, 5.41) is 0. The molecule has 0 saturated carbocycles. The molecular formula is C2H7NO2S. The van der Waals surface area contributed by atoms with E-state index in [4.69, 9.17) is 0 Å². The number of hydrogen-bond acceptors (Lipinski definition) is 3. The van der Waals surface area contributed by atoms with Gasteiger partial charge in [0.2, 0.25) is 0 Å². The van der Waals surface area contributed by atoms with Crippen LogP contribution in [0.15, 0.2) is 0 Å². The molecule has 0 fully saturated rings. The third kappa shape index (κ3) is 4.07. The minimum absolute atomic E-state index is 1.18. The molecule has 0 amide bonds. The average Bonchev–Trinajstić information content (AvgIpc) is 1.35. The minimum Gasteiger partial charge on any atom is -0.229 e. The van der Waals surface area contributed by atoms with Crippen molar-refractivity contribution in [2.75, 3.05) is 13.3 Å². The molecule has 0 aromatic rings. The Bertz CT molecular complexity index is 55.5. The van der Waals surface area contributed by atoms with E-state index in [9.17, 15) is 4.21 Å². The molecular weight excluding hydrogens is 102 g/mol. The Morgan fingerprint density at radius 1 is 1.83 bits per heavy atom. The van der Waals surface area contributed by atoms with Gasteiger partial charge in [0.25, 0.3) is 0 Å². The number of hydrogen-bond donors (Lipinski definition) is 1. The number of hydroxylamine groups is 1. The van der Waals surface area contributed by atoms with Crippen molar-refractivity contribution in [2.45, 2.75) is 0 Å². The van der Waals surface area contributed by atoms with E-state index < -0.39 is 11.1 Å². The summed E-state index contributed by atoms with van der Waals surface area (Å²) in [6, 6.07) is 0. The Hall–Kier alpha value is 0.0700. The summed E-state index contributed by atoms with van der Waals surface area (Å²) in [7, 11) is 1.56. The van der Waals surface area contributed by atoms with Crippen LogP contribution < -0.4 is 5.48 Å². The summed E-state index contributed by atoms with van der Waals surface area (Å²) < 4.78 is 14.1. The van der Waals surface area contributed by atoms with Gasteiger partial charge in [0.1, 0.15) is 0 Å². The van der Waals surface area contributed by atoms with Crippen molar-refractivity contribution in [2.24, 2.45) is 0 Å². The first kappa shape index (κ1) is 6.07.